The van der Waals surface area contributed by atoms with Crippen LogP contribution in [0.2, 0.25) is 0 Å². The second-order valence-electron chi connectivity index (χ2n) is 4.53. The van der Waals surface area contributed by atoms with Gasteiger partial charge >= 0.3 is 0 Å². The second-order valence-corrected chi connectivity index (χ2v) is 4.53. The van der Waals surface area contributed by atoms with Crippen LogP contribution in [0, 0.1) is 0 Å². The lowest BCUT2D eigenvalue weighted by atomic mass is 10.1. The summed E-state index contributed by atoms with van der Waals surface area (Å²) in [6.07, 6.45) is 4.41. The normalized spacial score (nSPS) is 10.2. The molecule has 1 rings (SSSR count). The molecule has 0 aromatic heterocycles. The summed E-state index contributed by atoms with van der Waals surface area (Å²) in [5.41, 5.74) is 0.820. The van der Waals surface area contributed by atoms with E-state index in [1.54, 1.807) is 0 Å². The van der Waals surface area contributed by atoms with E-state index in [1.165, 1.54) is 0 Å². The topological polar surface area (TPSA) is 66.4 Å². The lowest BCUT2D eigenvalue weighted by molar-refractivity contribution is -0.122. The monoisotopic (exact) mass is 263 g/mol. The predicted molar refractivity (Wildman–Crippen MR) is 74.9 cm³/mol. The lowest BCUT2D eigenvalue weighted by Gasteiger charge is -2.04. The number of hydrogen-bond donors (Lipinski definition) is 2. The molecule has 0 unspecified atom stereocenters. The van der Waals surface area contributed by atoms with Gasteiger partial charge in [0.25, 0.3) is 0 Å². The number of benzene rings is 1. The van der Waals surface area contributed by atoms with Gasteiger partial charge in [-0.1, -0.05) is 31.0 Å². The molecule has 1 amide bonds. The first-order valence-electron chi connectivity index (χ1n) is 6.70. The maximum absolute atomic E-state index is 11.6. The number of hydrogen-bond acceptors (Lipinski definition) is 3. The molecular formula is C15H21NO3. The van der Waals surface area contributed by atoms with Crippen LogP contribution in [-0.2, 0) is 9.59 Å². The fourth-order valence-electron chi connectivity index (χ4n) is 1.79. The Morgan fingerprint density at radius 2 is 1.58 bits per heavy atom. The van der Waals surface area contributed by atoms with Crippen molar-refractivity contribution < 1.29 is 14.7 Å². The zero-order valence-corrected chi connectivity index (χ0v) is 11.1. The molecule has 0 bridgehead atoms. The molecule has 4 heteroatoms. The van der Waals surface area contributed by atoms with Gasteiger partial charge in [-0.05, 0) is 25.0 Å². The number of carbonyl (C=O) groups excluding carboxylic acids is 2. The minimum atomic E-state index is -0.362. The minimum absolute atomic E-state index is 0.0256. The number of aliphatic hydroxyl groups is 1. The van der Waals surface area contributed by atoms with E-state index in [1.807, 2.05) is 30.3 Å². The van der Waals surface area contributed by atoms with Crippen LogP contribution in [0.1, 0.15) is 38.5 Å². The number of para-hydroxylation sites is 1. The maximum atomic E-state index is 11.6. The van der Waals surface area contributed by atoms with Crippen LogP contribution >= 0.6 is 0 Å². The molecular weight excluding hydrogens is 242 g/mol. The molecule has 104 valence electrons. The average molecular weight is 263 g/mol. The van der Waals surface area contributed by atoms with Gasteiger partial charge in [-0.15, -0.1) is 0 Å². The third-order valence-corrected chi connectivity index (χ3v) is 2.84. The van der Waals surface area contributed by atoms with Gasteiger partial charge in [-0.3, -0.25) is 9.59 Å². The molecule has 0 aliphatic carbocycles. The van der Waals surface area contributed by atoms with Crippen LogP contribution in [0.25, 0.3) is 0 Å². The molecule has 0 atom stereocenters. The standard InChI is InChI=1S/C15H21NO3/c17-12-14(18)10-6-1-2-7-11-15(19)16-13-8-4-3-5-9-13/h3-5,8-9,17H,1-2,6-7,10-12H2,(H,16,19). The molecule has 0 aliphatic heterocycles. The fourth-order valence-corrected chi connectivity index (χ4v) is 1.79. The van der Waals surface area contributed by atoms with Crippen LogP contribution in [0.4, 0.5) is 5.69 Å². The van der Waals surface area contributed by atoms with Gasteiger partial charge in [-0.2, -0.15) is 0 Å². The summed E-state index contributed by atoms with van der Waals surface area (Å²) in [4.78, 5) is 22.4. The Morgan fingerprint density at radius 1 is 0.947 bits per heavy atom. The first-order valence-corrected chi connectivity index (χ1v) is 6.70. The van der Waals surface area contributed by atoms with Crippen molar-refractivity contribution in [2.24, 2.45) is 0 Å². The number of Topliss-reactive ketones (excluding diaryl/α,β-unsaturated/α-hetero) is 1. The Kier molecular flexibility index (Phi) is 7.51. The molecule has 0 saturated heterocycles. The number of ketones is 1. The molecule has 0 radical (unpaired) electrons. The quantitative estimate of drug-likeness (QED) is 0.673. The SMILES string of the molecule is O=C(CO)CCCCCCC(=O)Nc1ccccc1. The highest BCUT2D eigenvalue weighted by molar-refractivity contribution is 5.90. The summed E-state index contributed by atoms with van der Waals surface area (Å²) in [5, 5.41) is 11.4. The maximum Gasteiger partial charge on any atom is 0.224 e. The Morgan fingerprint density at radius 3 is 2.21 bits per heavy atom. The van der Waals surface area contributed by atoms with E-state index in [0.717, 1.165) is 31.4 Å². The lowest BCUT2D eigenvalue weighted by Crippen LogP contribution is -2.10. The van der Waals surface area contributed by atoms with Crippen LogP contribution < -0.4 is 5.32 Å². The van der Waals surface area contributed by atoms with E-state index < -0.39 is 0 Å². The van der Waals surface area contributed by atoms with Crippen molar-refractivity contribution in [3.05, 3.63) is 30.3 Å². The molecule has 0 fully saturated rings. The summed E-state index contributed by atoms with van der Waals surface area (Å²) >= 11 is 0. The number of rotatable bonds is 9. The molecule has 19 heavy (non-hydrogen) atoms. The number of aliphatic hydroxyl groups excluding tert-OH is 1. The largest absolute Gasteiger partial charge is 0.389 e. The molecule has 0 spiro atoms. The summed E-state index contributed by atoms with van der Waals surface area (Å²) in [7, 11) is 0. The zero-order valence-electron chi connectivity index (χ0n) is 11.1. The van der Waals surface area contributed by atoms with Crippen LogP contribution in [0.3, 0.4) is 0 Å². The van der Waals surface area contributed by atoms with E-state index in [9.17, 15) is 9.59 Å². The summed E-state index contributed by atoms with van der Waals surface area (Å²) in [5.74, 6) is -0.0838. The molecule has 2 N–H and O–H groups in total. The fraction of sp³-hybridized carbons (Fsp3) is 0.467. The first kappa shape index (κ1) is 15.4. The van der Waals surface area contributed by atoms with Crippen molar-refractivity contribution in [2.45, 2.75) is 38.5 Å². The Labute approximate surface area is 113 Å². The van der Waals surface area contributed by atoms with Gasteiger partial charge in [0.2, 0.25) is 5.91 Å². The Hall–Kier alpha value is -1.68. The van der Waals surface area contributed by atoms with E-state index in [0.29, 0.717) is 12.8 Å². The van der Waals surface area contributed by atoms with Crippen LogP contribution in [0.5, 0.6) is 0 Å². The zero-order chi connectivity index (χ0) is 13.9. The summed E-state index contributed by atoms with van der Waals surface area (Å²) in [6.45, 7) is -0.362. The molecule has 0 heterocycles. The third-order valence-electron chi connectivity index (χ3n) is 2.84. The van der Waals surface area contributed by atoms with Gasteiger partial charge in [0.05, 0.1) is 0 Å². The first-order chi connectivity index (χ1) is 9.22. The predicted octanol–water partition coefficient (Wildman–Crippen LogP) is 2.53. The van der Waals surface area contributed by atoms with Gasteiger partial charge < -0.3 is 10.4 Å². The number of nitrogens with one attached hydrogen (secondary N) is 1. The molecule has 1 aromatic rings. The van der Waals surface area contributed by atoms with Crippen molar-refractivity contribution in [1.29, 1.82) is 0 Å². The minimum Gasteiger partial charge on any atom is -0.389 e. The van der Waals surface area contributed by atoms with Crippen molar-refractivity contribution in [3.8, 4) is 0 Å². The third kappa shape index (κ3) is 7.36. The number of carbonyl (C=O) groups is 2. The highest BCUT2D eigenvalue weighted by Gasteiger charge is 2.02. The van der Waals surface area contributed by atoms with Crippen LogP contribution in [-0.4, -0.2) is 23.4 Å². The smallest absolute Gasteiger partial charge is 0.224 e. The van der Waals surface area contributed by atoms with Crippen molar-refractivity contribution >= 4 is 17.4 Å². The molecule has 0 saturated carbocycles. The highest BCUT2D eigenvalue weighted by atomic mass is 16.3. The van der Waals surface area contributed by atoms with Crippen molar-refractivity contribution in [3.63, 3.8) is 0 Å². The number of anilines is 1. The number of unbranched alkanes of at least 4 members (excludes halogenated alkanes) is 3. The van der Waals surface area contributed by atoms with Gasteiger partial charge in [0, 0.05) is 18.5 Å². The van der Waals surface area contributed by atoms with E-state index in [4.69, 9.17) is 5.11 Å². The molecule has 4 nitrogen and oxygen atoms in total. The van der Waals surface area contributed by atoms with Crippen molar-refractivity contribution in [2.75, 3.05) is 11.9 Å². The average Bonchev–Trinajstić information content (AvgIpc) is 2.43. The van der Waals surface area contributed by atoms with E-state index >= 15 is 0 Å². The Balaban J connectivity index is 2.03. The van der Waals surface area contributed by atoms with Gasteiger partial charge in [0.1, 0.15) is 6.61 Å². The van der Waals surface area contributed by atoms with E-state index in [2.05, 4.69) is 5.32 Å². The Bertz CT molecular complexity index is 390. The van der Waals surface area contributed by atoms with Gasteiger partial charge in [-0.25, -0.2) is 0 Å². The van der Waals surface area contributed by atoms with Gasteiger partial charge in [0.15, 0.2) is 5.78 Å². The van der Waals surface area contributed by atoms with Crippen molar-refractivity contribution in [1.82, 2.24) is 0 Å². The highest BCUT2D eigenvalue weighted by Crippen LogP contribution is 2.09. The molecule has 1 aromatic carbocycles. The summed E-state index contributed by atoms with van der Waals surface area (Å²) < 4.78 is 0. The molecule has 0 aliphatic rings. The van der Waals surface area contributed by atoms with E-state index in [-0.39, 0.29) is 18.3 Å². The second kappa shape index (κ2) is 9.28. The summed E-state index contributed by atoms with van der Waals surface area (Å²) in [6, 6.07) is 9.39. The number of amides is 1. The van der Waals surface area contributed by atoms with Crippen LogP contribution in [0.15, 0.2) is 30.3 Å².